The third kappa shape index (κ3) is 9.59. The van der Waals surface area contributed by atoms with Gasteiger partial charge < -0.3 is 10.3 Å². The van der Waals surface area contributed by atoms with Crippen molar-refractivity contribution in [2.45, 2.75) is 20.3 Å². The van der Waals surface area contributed by atoms with Crippen LogP contribution in [0.15, 0.2) is 9.50 Å². The van der Waals surface area contributed by atoms with E-state index in [2.05, 4.69) is 28.7 Å². The normalized spacial score (nSPS) is 13.6. The van der Waals surface area contributed by atoms with Crippen molar-refractivity contribution in [2.24, 2.45) is 15.4 Å². The largest absolute Gasteiger partial charge is 0.376 e. The number of nitrogens with zero attached hydrogens (tertiary/aromatic N) is 3. The maximum Gasteiger partial charge on any atom is 0.0963 e. The minimum atomic E-state index is 0.495. The molecule has 0 aliphatic heterocycles. The number of hydrazone groups is 1. The SMILES string of the molecule is CCN(C)/N=C\C(C)CCNC=NSC. The van der Waals surface area contributed by atoms with E-state index in [0.29, 0.717) is 5.92 Å². The molecule has 1 N–H and O–H groups in total. The van der Waals surface area contributed by atoms with E-state index in [-0.39, 0.29) is 0 Å². The van der Waals surface area contributed by atoms with Crippen molar-refractivity contribution < 1.29 is 0 Å². The molecule has 0 saturated heterocycles. The second kappa shape index (κ2) is 9.83. The molecule has 0 fully saturated rings. The van der Waals surface area contributed by atoms with Gasteiger partial charge in [0.15, 0.2) is 0 Å². The summed E-state index contributed by atoms with van der Waals surface area (Å²) < 4.78 is 3.99. The van der Waals surface area contributed by atoms with Gasteiger partial charge in [0, 0.05) is 32.6 Å². The molecule has 1 atom stereocenters. The summed E-state index contributed by atoms with van der Waals surface area (Å²) in [5, 5.41) is 9.36. The van der Waals surface area contributed by atoms with Crippen LogP contribution in [0, 0.1) is 5.92 Å². The number of rotatable bonds is 8. The molecule has 0 spiro atoms. The minimum Gasteiger partial charge on any atom is -0.376 e. The Labute approximate surface area is 97.4 Å². The number of hydrogen-bond donors (Lipinski definition) is 1. The summed E-state index contributed by atoms with van der Waals surface area (Å²) in [4.78, 5) is 0. The van der Waals surface area contributed by atoms with Gasteiger partial charge in [-0.1, -0.05) is 6.92 Å². The minimum absolute atomic E-state index is 0.495. The van der Waals surface area contributed by atoms with Crippen molar-refractivity contribution in [2.75, 3.05) is 26.4 Å². The van der Waals surface area contributed by atoms with Crippen molar-refractivity contribution in [1.29, 1.82) is 0 Å². The molecular formula is C10H22N4S. The summed E-state index contributed by atoms with van der Waals surface area (Å²) in [6, 6.07) is 0. The standard InChI is InChI=1S/C10H22N4S/c1-5-14(3)12-8-10(2)6-7-11-9-13-15-4/h8-10H,5-7H2,1-4H3,(H,11,13)/b12-8-. The van der Waals surface area contributed by atoms with Crippen molar-refractivity contribution >= 4 is 24.5 Å². The number of nitrogens with one attached hydrogen (secondary N) is 1. The van der Waals surface area contributed by atoms with Crippen LogP contribution < -0.4 is 5.32 Å². The molecular weight excluding hydrogens is 208 g/mol. The zero-order valence-electron chi connectivity index (χ0n) is 10.1. The first-order chi connectivity index (χ1) is 7.20. The summed E-state index contributed by atoms with van der Waals surface area (Å²) in [6.07, 6.45) is 6.75. The van der Waals surface area contributed by atoms with Gasteiger partial charge in [-0.25, -0.2) is 4.40 Å². The highest BCUT2D eigenvalue weighted by Crippen LogP contribution is 1.97. The summed E-state index contributed by atoms with van der Waals surface area (Å²) in [7, 11) is 1.98. The summed E-state index contributed by atoms with van der Waals surface area (Å²) in [5.74, 6) is 0.495. The fourth-order valence-electron chi connectivity index (χ4n) is 0.849. The van der Waals surface area contributed by atoms with Crippen LogP contribution in [-0.2, 0) is 0 Å². The first-order valence-electron chi connectivity index (χ1n) is 5.24. The molecule has 0 aromatic heterocycles. The molecule has 0 heterocycles. The first-order valence-corrected chi connectivity index (χ1v) is 6.42. The van der Waals surface area contributed by atoms with Crippen LogP contribution in [0.4, 0.5) is 0 Å². The molecule has 88 valence electrons. The lowest BCUT2D eigenvalue weighted by Crippen LogP contribution is -2.17. The molecule has 0 rings (SSSR count). The maximum absolute atomic E-state index is 4.30. The Bertz CT molecular complexity index is 194. The summed E-state index contributed by atoms with van der Waals surface area (Å²) in [5.41, 5.74) is 0. The van der Waals surface area contributed by atoms with E-state index in [1.165, 1.54) is 11.9 Å². The van der Waals surface area contributed by atoms with Gasteiger partial charge in [-0.3, -0.25) is 0 Å². The molecule has 1 unspecified atom stereocenters. The quantitative estimate of drug-likeness (QED) is 0.227. The zero-order valence-corrected chi connectivity index (χ0v) is 10.9. The zero-order chi connectivity index (χ0) is 11.5. The van der Waals surface area contributed by atoms with Crippen molar-refractivity contribution in [3.63, 3.8) is 0 Å². The van der Waals surface area contributed by atoms with Crippen LogP contribution >= 0.6 is 11.9 Å². The highest BCUT2D eigenvalue weighted by atomic mass is 32.2. The molecule has 15 heavy (non-hydrogen) atoms. The molecule has 0 amide bonds. The van der Waals surface area contributed by atoms with E-state index in [0.717, 1.165) is 19.5 Å². The van der Waals surface area contributed by atoms with Gasteiger partial charge in [0.2, 0.25) is 0 Å². The average molecular weight is 230 g/mol. The fourth-order valence-corrected chi connectivity index (χ4v) is 1.03. The lowest BCUT2D eigenvalue weighted by Gasteiger charge is -2.10. The maximum atomic E-state index is 4.30. The molecule has 4 nitrogen and oxygen atoms in total. The van der Waals surface area contributed by atoms with E-state index in [1.807, 2.05) is 24.5 Å². The fraction of sp³-hybridized carbons (Fsp3) is 0.800. The van der Waals surface area contributed by atoms with E-state index < -0.39 is 0 Å². The van der Waals surface area contributed by atoms with Crippen LogP contribution in [0.25, 0.3) is 0 Å². The van der Waals surface area contributed by atoms with Gasteiger partial charge in [0.1, 0.15) is 0 Å². The van der Waals surface area contributed by atoms with Crippen LogP contribution in [-0.4, -0.2) is 44.0 Å². The van der Waals surface area contributed by atoms with Crippen molar-refractivity contribution in [3.8, 4) is 0 Å². The molecule has 0 bridgehead atoms. The molecule has 0 aliphatic rings. The highest BCUT2D eigenvalue weighted by molar-refractivity contribution is 7.97. The van der Waals surface area contributed by atoms with E-state index in [4.69, 9.17) is 0 Å². The molecule has 0 aliphatic carbocycles. The Hall–Kier alpha value is -0.710. The van der Waals surface area contributed by atoms with Gasteiger partial charge in [0.05, 0.1) is 6.34 Å². The van der Waals surface area contributed by atoms with Crippen LogP contribution in [0.3, 0.4) is 0 Å². The van der Waals surface area contributed by atoms with Gasteiger partial charge in [-0.05, 0) is 31.2 Å². The monoisotopic (exact) mass is 230 g/mol. The Morgan fingerprint density at radius 3 is 2.87 bits per heavy atom. The summed E-state index contributed by atoms with van der Waals surface area (Å²) >= 11 is 1.45. The third-order valence-electron chi connectivity index (χ3n) is 1.97. The lowest BCUT2D eigenvalue weighted by atomic mass is 10.1. The molecule has 0 aromatic carbocycles. The van der Waals surface area contributed by atoms with Gasteiger partial charge in [-0.15, -0.1) is 0 Å². The molecule has 0 saturated carbocycles. The average Bonchev–Trinajstić information content (AvgIpc) is 2.25. The predicted molar refractivity (Wildman–Crippen MR) is 70.6 cm³/mol. The molecule has 0 radical (unpaired) electrons. The lowest BCUT2D eigenvalue weighted by molar-refractivity contribution is 0.374. The van der Waals surface area contributed by atoms with E-state index >= 15 is 0 Å². The second-order valence-electron chi connectivity index (χ2n) is 3.38. The predicted octanol–water partition coefficient (Wildman–Crippen LogP) is 1.85. The smallest absolute Gasteiger partial charge is 0.0963 e. The summed E-state index contributed by atoms with van der Waals surface area (Å²) in [6.45, 7) is 6.14. The van der Waals surface area contributed by atoms with Crippen molar-refractivity contribution in [1.82, 2.24) is 10.3 Å². The molecule has 0 aromatic rings. The topological polar surface area (TPSA) is 40.0 Å². The Morgan fingerprint density at radius 1 is 1.53 bits per heavy atom. The van der Waals surface area contributed by atoms with Crippen molar-refractivity contribution in [3.05, 3.63) is 0 Å². The van der Waals surface area contributed by atoms with Crippen LogP contribution in [0.1, 0.15) is 20.3 Å². The van der Waals surface area contributed by atoms with E-state index in [1.54, 1.807) is 6.34 Å². The first kappa shape index (κ1) is 14.3. The third-order valence-corrected chi connectivity index (χ3v) is 2.29. The second-order valence-corrected chi connectivity index (χ2v) is 3.95. The molecule has 5 heteroatoms. The van der Waals surface area contributed by atoms with Gasteiger partial charge in [0.25, 0.3) is 0 Å². The van der Waals surface area contributed by atoms with Crippen LogP contribution in [0.2, 0.25) is 0 Å². The Morgan fingerprint density at radius 2 is 2.27 bits per heavy atom. The highest BCUT2D eigenvalue weighted by Gasteiger charge is 1.96. The van der Waals surface area contributed by atoms with Gasteiger partial charge >= 0.3 is 0 Å². The number of hydrogen-bond acceptors (Lipinski definition) is 4. The van der Waals surface area contributed by atoms with Gasteiger partial charge in [-0.2, -0.15) is 5.10 Å². The Kier molecular flexibility index (Phi) is 9.36. The van der Waals surface area contributed by atoms with Crippen LogP contribution in [0.5, 0.6) is 0 Å². The van der Waals surface area contributed by atoms with E-state index in [9.17, 15) is 0 Å². The Balaban J connectivity index is 3.52.